The Hall–Kier alpha value is 0.0300. The monoisotopic (exact) mass is 390 g/mol. The molecule has 1 N–H and O–H groups in total. The Morgan fingerprint density at radius 2 is 2.37 bits per heavy atom. The van der Waals surface area contributed by atoms with Gasteiger partial charge in [-0.3, -0.25) is 4.98 Å². The number of aromatic nitrogens is 1. The van der Waals surface area contributed by atoms with Crippen molar-refractivity contribution in [1.29, 1.82) is 0 Å². The van der Waals surface area contributed by atoms with E-state index in [1.54, 1.807) is 0 Å². The highest BCUT2D eigenvalue weighted by Gasteiger charge is 2.27. The molecule has 1 aliphatic heterocycles. The fourth-order valence-electron chi connectivity index (χ4n) is 2.47. The summed E-state index contributed by atoms with van der Waals surface area (Å²) in [5.74, 6) is 0.505. The molecule has 2 rings (SSSR count). The van der Waals surface area contributed by atoms with Crippen molar-refractivity contribution >= 4 is 31.9 Å². The molecule has 2 heterocycles. The summed E-state index contributed by atoms with van der Waals surface area (Å²) in [7, 11) is 0. The molecule has 1 fully saturated rings. The summed E-state index contributed by atoms with van der Waals surface area (Å²) in [6.07, 6.45) is 5.33. The second-order valence-corrected chi connectivity index (χ2v) is 6.70. The molecule has 1 saturated heterocycles. The van der Waals surface area contributed by atoms with Crippen LogP contribution in [-0.4, -0.2) is 24.7 Å². The van der Waals surface area contributed by atoms with Gasteiger partial charge in [0.2, 0.25) is 0 Å². The Kier molecular flexibility index (Phi) is 6.26. The van der Waals surface area contributed by atoms with Gasteiger partial charge in [0.15, 0.2) is 0 Å². The molecular formula is C14H20Br2N2O. The maximum absolute atomic E-state index is 5.64. The van der Waals surface area contributed by atoms with Crippen molar-refractivity contribution in [2.45, 2.75) is 32.2 Å². The summed E-state index contributed by atoms with van der Waals surface area (Å²) in [5, 5.41) is 3.63. The highest BCUT2D eigenvalue weighted by atomic mass is 79.9. The molecule has 2 atom stereocenters. The van der Waals surface area contributed by atoms with E-state index in [1.807, 2.05) is 6.20 Å². The van der Waals surface area contributed by atoms with Crippen LogP contribution >= 0.6 is 31.9 Å². The largest absolute Gasteiger partial charge is 0.381 e. The first kappa shape index (κ1) is 15.4. The highest BCUT2D eigenvalue weighted by molar-refractivity contribution is 9.11. The van der Waals surface area contributed by atoms with E-state index >= 15 is 0 Å². The van der Waals surface area contributed by atoms with E-state index in [1.165, 1.54) is 6.42 Å². The van der Waals surface area contributed by atoms with E-state index < -0.39 is 0 Å². The van der Waals surface area contributed by atoms with Crippen molar-refractivity contribution in [2.24, 2.45) is 5.92 Å². The Balaban J connectivity index is 2.19. The third kappa shape index (κ3) is 4.25. The number of ether oxygens (including phenoxy) is 1. The number of hydrogen-bond donors (Lipinski definition) is 1. The fourth-order valence-corrected chi connectivity index (χ4v) is 3.70. The quantitative estimate of drug-likeness (QED) is 0.821. The van der Waals surface area contributed by atoms with E-state index in [0.29, 0.717) is 5.92 Å². The van der Waals surface area contributed by atoms with Crippen LogP contribution in [0.5, 0.6) is 0 Å². The van der Waals surface area contributed by atoms with Crippen LogP contribution in [0.4, 0.5) is 0 Å². The third-order valence-corrected chi connectivity index (χ3v) is 4.48. The maximum Gasteiger partial charge on any atom is 0.0719 e. The first-order valence-electron chi connectivity index (χ1n) is 6.84. The minimum absolute atomic E-state index is 0.266. The maximum atomic E-state index is 5.64. The Morgan fingerprint density at radius 1 is 1.53 bits per heavy atom. The molecule has 5 heteroatoms. The standard InChI is InChI=1S/C14H20Br2N2O/c1-2-5-17-13(10-4-3-6-19-9-10)14-12(16)7-11(15)8-18-14/h7-8,10,13,17H,2-6,9H2,1H3. The van der Waals surface area contributed by atoms with Gasteiger partial charge in [-0.2, -0.15) is 0 Å². The van der Waals surface area contributed by atoms with Crippen molar-refractivity contribution < 1.29 is 4.74 Å². The molecule has 0 aliphatic carbocycles. The van der Waals surface area contributed by atoms with Crippen LogP contribution in [-0.2, 0) is 4.74 Å². The molecular weight excluding hydrogens is 372 g/mol. The summed E-state index contributed by atoms with van der Waals surface area (Å²) in [5.41, 5.74) is 1.09. The fraction of sp³-hybridized carbons (Fsp3) is 0.643. The zero-order valence-corrected chi connectivity index (χ0v) is 14.3. The molecule has 0 saturated carbocycles. The number of hydrogen-bond acceptors (Lipinski definition) is 3. The second-order valence-electron chi connectivity index (χ2n) is 4.93. The van der Waals surface area contributed by atoms with E-state index in [9.17, 15) is 0 Å². The SMILES string of the molecule is CCCNC(c1ncc(Br)cc1Br)C1CCCOC1. The van der Waals surface area contributed by atoms with Crippen molar-refractivity contribution in [3.05, 3.63) is 26.9 Å². The summed E-state index contributed by atoms with van der Waals surface area (Å²) in [4.78, 5) is 4.59. The molecule has 19 heavy (non-hydrogen) atoms. The van der Waals surface area contributed by atoms with E-state index in [2.05, 4.69) is 55.2 Å². The second kappa shape index (κ2) is 7.72. The number of pyridine rings is 1. The zero-order valence-electron chi connectivity index (χ0n) is 11.2. The van der Waals surface area contributed by atoms with Gasteiger partial charge < -0.3 is 10.1 Å². The molecule has 1 aromatic heterocycles. The molecule has 0 amide bonds. The minimum atomic E-state index is 0.266. The number of nitrogens with one attached hydrogen (secondary N) is 1. The van der Waals surface area contributed by atoms with Crippen molar-refractivity contribution in [3.8, 4) is 0 Å². The molecule has 3 nitrogen and oxygen atoms in total. The van der Waals surface area contributed by atoms with Gasteiger partial charge in [0.1, 0.15) is 0 Å². The van der Waals surface area contributed by atoms with Crippen molar-refractivity contribution in [1.82, 2.24) is 10.3 Å². The lowest BCUT2D eigenvalue weighted by molar-refractivity contribution is 0.0383. The number of rotatable bonds is 5. The summed E-state index contributed by atoms with van der Waals surface area (Å²) in [6, 6.07) is 2.33. The van der Waals surface area contributed by atoms with Gasteiger partial charge in [0.25, 0.3) is 0 Å². The Bertz CT molecular complexity index is 408. The predicted molar refractivity (Wildman–Crippen MR) is 84.2 cm³/mol. The molecule has 0 radical (unpaired) electrons. The summed E-state index contributed by atoms with van der Waals surface area (Å²) < 4.78 is 7.69. The number of nitrogens with zero attached hydrogens (tertiary/aromatic N) is 1. The predicted octanol–water partition coefficient (Wildman–Crippen LogP) is 4.07. The average Bonchev–Trinajstić information content (AvgIpc) is 2.42. The smallest absolute Gasteiger partial charge is 0.0719 e. The minimum Gasteiger partial charge on any atom is -0.381 e. The van der Waals surface area contributed by atoms with Crippen molar-refractivity contribution in [2.75, 3.05) is 19.8 Å². The first-order valence-corrected chi connectivity index (χ1v) is 8.43. The van der Waals surface area contributed by atoms with E-state index in [4.69, 9.17) is 4.74 Å². The molecule has 0 bridgehead atoms. The van der Waals surface area contributed by atoms with Gasteiger partial charge in [-0.15, -0.1) is 0 Å². The van der Waals surface area contributed by atoms with Gasteiger partial charge in [0, 0.05) is 27.7 Å². The summed E-state index contributed by atoms with van der Waals surface area (Å²) >= 11 is 7.09. The van der Waals surface area contributed by atoms with Crippen LogP contribution in [0.15, 0.2) is 21.2 Å². The van der Waals surface area contributed by atoms with Gasteiger partial charge in [-0.25, -0.2) is 0 Å². The molecule has 106 valence electrons. The van der Waals surface area contributed by atoms with Crippen LogP contribution in [0.3, 0.4) is 0 Å². The lowest BCUT2D eigenvalue weighted by Gasteiger charge is -2.31. The average molecular weight is 392 g/mol. The van der Waals surface area contributed by atoms with Crippen LogP contribution in [0.1, 0.15) is 37.9 Å². The van der Waals surface area contributed by atoms with E-state index in [0.717, 1.165) is 47.2 Å². The van der Waals surface area contributed by atoms with Gasteiger partial charge in [0.05, 0.1) is 18.3 Å². The first-order chi connectivity index (χ1) is 9.22. The molecule has 0 aromatic carbocycles. The van der Waals surface area contributed by atoms with Gasteiger partial charge in [-0.1, -0.05) is 6.92 Å². The van der Waals surface area contributed by atoms with Crippen LogP contribution in [0, 0.1) is 5.92 Å². The Morgan fingerprint density at radius 3 is 3.00 bits per heavy atom. The Labute approximate surface area is 131 Å². The number of halogens is 2. The molecule has 1 aliphatic rings. The van der Waals surface area contributed by atoms with Crippen LogP contribution in [0.25, 0.3) is 0 Å². The van der Waals surface area contributed by atoms with Crippen LogP contribution in [0.2, 0.25) is 0 Å². The van der Waals surface area contributed by atoms with Gasteiger partial charge in [-0.05, 0) is 63.7 Å². The van der Waals surface area contributed by atoms with E-state index in [-0.39, 0.29) is 6.04 Å². The topological polar surface area (TPSA) is 34.2 Å². The molecule has 0 spiro atoms. The lowest BCUT2D eigenvalue weighted by atomic mass is 9.91. The lowest BCUT2D eigenvalue weighted by Crippen LogP contribution is -2.34. The van der Waals surface area contributed by atoms with Gasteiger partial charge >= 0.3 is 0 Å². The normalized spacial score (nSPS) is 21.3. The summed E-state index contributed by atoms with van der Waals surface area (Å²) in [6.45, 7) is 4.91. The third-order valence-electron chi connectivity index (χ3n) is 3.41. The van der Waals surface area contributed by atoms with Crippen LogP contribution < -0.4 is 5.32 Å². The highest BCUT2D eigenvalue weighted by Crippen LogP contribution is 2.32. The zero-order chi connectivity index (χ0) is 13.7. The van der Waals surface area contributed by atoms with Crippen molar-refractivity contribution in [3.63, 3.8) is 0 Å². The molecule has 2 unspecified atom stereocenters. The molecule has 1 aromatic rings.